The largest absolute Gasteiger partial charge is 0.455 e. The zero-order valence-electron chi connectivity index (χ0n) is 14.6. The molecule has 0 amide bonds. The van der Waals surface area contributed by atoms with E-state index in [9.17, 15) is 13.2 Å². The second-order valence-electron chi connectivity index (χ2n) is 6.00. The summed E-state index contributed by atoms with van der Waals surface area (Å²) in [5.74, 6) is -0.00523. The molecular weight excluding hydrogens is 360 g/mol. The van der Waals surface area contributed by atoms with Crippen LogP contribution in [-0.2, 0) is 26.1 Å². The average Bonchev–Trinajstić information content (AvgIpc) is 3.06. The van der Waals surface area contributed by atoms with Gasteiger partial charge in [-0.2, -0.15) is 4.31 Å². The summed E-state index contributed by atoms with van der Waals surface area (Å²) in [5, 5.41) is 3.75. The molecule has 1 aliphatic heterocycles. The first-order valence-corrected chi connectivity index (χ1v) is 9.60. The highest BCUT2D eigenvalue weighted by molar-refractivity contribution is 7.89. The lowest BCUT2D eigenvalue weighted by Gasteiger charge is -2.26. The lowest BCUT2D eigenvalue weighted by Crippen LogP contribution is -2.40. The fraction of sp³-hybridized carbons (Fsp3) is 0.412. The molecule has 0 aliphatic carbocycles. The Morgan fingerprint density at radius 2 is 1.96 bits per heavy atom. The fourth-order valence-corrected chi connectivity index (χ4v) is 4.30. The third kappa shape index (κ3) is 3.95. The van der Waals surface area contributed by atoms with Gasteiger partial charge in [-0.15, -0.1) is 0 Å². The summed E-state index contributed by atoms with van der Waals surface area (Å²) >= 11 is 0. The molecule has 0 bridgehead atoms. The second-order valence-corrected chi connectivity index (χ2v) is 7.91. The molecule has 1 aliphatic rings. The zero-order chi connectivity index (χ0) is 18.7. The Kier molecular flexibility index (Phi) is 5.40. The zero-order valence-corrected chi connectivity index (χ0v) is 15.4. The molecule has 0 saturated carbocycles. The molecule has 0 spiro atoms. The third-order valence-electron chi connectivity index (χ3n) is 4.04. The molecular formula is C17H20N2O6S. The van der Waals surface area contributed by atoms with Crippen LogP contribution < -0.4 is 0 Å². The van der Waals surface area contributed by atoms with Crippen LogP contribution in [0.1, 0.15) is 27.4 Å². The predicted octanol–water partition coefficient (Wildman–Crippen LogP) is 1.67. The first-order chi connectivity index (χ1) is 12.4. The number of aromatic nitrogens is 1. The first kappa shape index (κ1) is 18.6. The van der Waals surface area contributed by atoms with Crippen molar-refractivity contribution in [2.75, 3.05) is 26.3 Å². The van der Waals surface area contributed by atoms with E-state index in [1.165, 1.54) is 10.4 Å². The number of rotatable bonds is 5. The molecule has 2 heterocycles. The highest BCUT2D eigenvalue weighted by atomic mass is 32.2. The average molecular weight is 380 g/mol. The van der Waals surface area contributed by atoms with Gasteiger partial charge < -0.3 is 14.0 Å². The van der Waals surface area contributed by atoms with Gasteiger partial charge in [0.1, 0.15) is 18.1 Å². The molecule has 9 heteroatoms. The number of morpholine rings is 1. The fourth-order valence-electron chi connectivity index (χ4n) is 2.64. The number of hydrogen-bond acceptors (Lipinski definition) is 7. The molecule has 26 heavy (non-hydrogen) atoms. The molecule has 1 aromatic carbocycles. The van der Waals surface area contributed by atoms with Gasteiger partial charge in [0, 0.05) is 19.2 Å². The van der Waals surface area contributed by atoms with Crippen LogP contribution in [0.4, 0.5) is 0 Å². The van der Waals surface area contributed by atoms with Crippen LogP contribution in [0.25, 0.3) is 0 Å². The van der Waals surface area contributed by atoms with E-state index in [4.69, 9.17) is 14.0 Å². The van der Waals surface area contributed by atoms with Gasteiger partial charge >= 0.3 is 5.97 Å². The smallest absolute Gasteiger partial charge is 0.338 e. The van der Waals surface area contributed by atoms with Crippen molar-refractivity contribution in [1.82, 2.24) is 9.46 Å². The number of carbonyl (C=O) groups is 1. The van der Waals surface area contributed by atoms with E-state index in [0.717, 1.165) is 0 Å². The minimum atomic E-state index is -3.69. The number of nitrogens with zero attached hydrogens (tertiary/aromatic N) is 2. The number of aryl methyl sites for hydroxylation is 2. The van der Waals surface area contributed by atoms with Gasteiger partial charge in [0.25, 0.3) is 0 Å². The van der Waals surface area contributed by atoms with E-state index in [1.807, 2.05) is 0 Å². The quantitative estimate of drug-likeness (QED) is 0.728. The molecule has 1 saturated heterocycles. The maximum Gasteiger partial charge on any atom is 0.338 e. The van der Waals surface area contributed by atoms with Crippen molar-refractivity contribution in [2.45, 2.75) is 25.3 Å². The Morgan fingerprint density at radius 3 is 2.62 bits per heavy atom. The molecule has 0 N–H and O–H groups in total. The molecule has 0 atom stereocenters. The van der Waals surface area contributed by atoms with Crippen molar-refractivity contribution in [3.63, 3.8) is 0 Å². The molecule has 3 rings (SSSR count). The Morgan fingerprint density at radius 1 is 1.23 bits per heavy atom. The minimum absolute atomic E-state index is 0.0460. The van der Waals surface area contributed by atoms with Crippen LogP contribution >= 0.6 is 0 Å². The summed E-state index contributed by atoms with van der Waals surface area (Å²) in [6, 6.07) is 6.17. The van der Waals surface area contributed by atoms with E-state index in [-0.39, 0.29) is 17.1 Å². The van der Waals surface area contributed by atoms with E-state index >= 15 is 0 Å². The summed E-state index contributed by atoms with van der Waals surface area (Å²) in [5.41, 5.74) is 1.23. The lowest BCUT2D eigenvalue weighted by atomic mass is 10.1. The van der Waals surface area contributed by atoms with Crippen molar-refractivity contribution in [3.8, 4) is 0 Å². The first-order valence-electron chi connectivity index (χ1n) is 8.16. The standard InChI is InChI=1S/C17H20N2O6S/c1-12-3-4-14(17(20)24-11-15-9-13(2)25-18-15)10-16(12)26(21,22)19-5-7-23-8-6-19/h3-4,9-10H,5-8,11H2,1-2H3. The highest BCUT2D eigenvalue weighted by Gasteiger charge is 2.28. The highest BCUT2D eigenvalue weighted by Crippen LogP contribution is 2.23. The Bertz CT molecular complexity index is 900. The third-order valence-corrected chi connectivity index (χ3v) is 6.08. The number of sulfonamides is 1. The summed E-state index contributed by atoms with van der Waals surface area (Å²) < 4.78 is 42.4. The van der Waals surface area contributed by atoms with Crippen molar-refractivity contribution in [1.29, 1.82) is 0 Å². The summed E-state index contributed by atoms with van der Waals surface area (Å²) in [4.78, 5) is 12.4. The Hall–Kier alpha value is -2.23. The van der Waals surface area contributed by atoms with E-state index in [0.29, 0.717) is 43.3 Å². The Balaban J connectivity index is 1.79. The normalized spacial score (nSPS) is 15.8. The van der Waals surface area contributed by atoms with Gasteiger partial charge in [0.2, 0.25) is 10.0 Å². The summed E-state index contributed by atoms with van der Waals surface area (Å²) in [7, 11) is -3.69. The van der Waals surface area contributed by atoms with Gasteiger partial charge in [-0.1, -0.05) is 11.2 Å². The van der Waals surface area contributed by atoms with Crippen LogP contribution in [0.5, 0.6) is 0 Å². The van der Waals surface area contributed by atoms with Crippen LogP contribution in [-0.4, -0.2) is 50.2 Å². The monoisotopic (exact) mass is 380 g/mol. The minimum Gasteiger partial charge on any atom is -0.455 e. The van der Waals surface area contributed by atoms with Gasteiger partial charge in [0.05, 0.1) is 23.7 Å². The predicted molar refractivity (Wildman–Crippen MR) is 91.1 cm³/mol. The second kappa shape index (κ2) is 7.56. The van der Waals surface area contributed by atoms with Crippen molar-refractivity contribution in [3.05, 3.63) is 46.8 Å². The van der Waals surface area contributed by atoms with Crippen molar-refractivity contribution < 1.29 is 27.2 Å². The molecule has 0 radical (unpaired) electrons. The molecule has 2 aromatic rings. The SMILES string of the molecule is Cc1cc(COC(=O)c2ccc(C)c(S(=O)(=O)N3CCOCC3)c2)no1. The van der Waals surface area contributed by atoms with Crippen LogP contribution in [0.3, 0.4) is 0 Å². The number of carbonyl (C=O) groups excluding carboxylic acids is 1. The van der Waals surface area contributed by atoms with Gasteiger partial charge in [-0.25, -0.2) is 13.2 Å². The van der Waals surface area contributed by atoms with Crippen LogP contribution in [0.2, 0.25) is 0 Å². The maximum absolute atomic E-state index is 12.9. The maximum atomic E-state index is 12.9. The van der Waals surface area contributed by atoms with Crippen LogP contribution in [0, 0.1) is 13.8 Å². The lowest BCUT2D eigenvalue weighted by molar-refractivity contribution is 0.0464. The summed E-state index contributed by atoms with van der Waals surface area (Å²) in [6.07, 6.45) is 0. The molecule has 8 nitrogen and oxygen atoms in total. The van der Waals surface area contributed by atoms with E-state index in [1.54, 1.807) is 32.0 Å². The van der Waals surface area contributed by atoms with Gasteiger partial charge in [-0.3, -0.25) is 0 Å². The molecule has 0 unspecified atom stereocenters. The van der Waals surface area contributed by atoms with Crippen molar-refractivity contribution >= 4 is 16.0 Å². The number of benzene rings is 1. The van der Waals surface area contributed by atoms with E-state index < -0.39 is 16.0 Å². The summed E-state index contributed by atoms with van der Waals surface area (Å²) in [6.45, 7) is 4.69. The topological polar surface area (TPSA) is 98.9 Å². The number of hydrogen-bond donors (Lipinski definition) is 0. The van der Waals surface area contributed by atoms with E-state index in [2.05, 4.69) is 5.16 Å². The molecule has 140 valence electrons. The number of ether oxygens (including phenoxy) is 2. The molecule has 1 aromatic heterocycles. The Labute approximate surface area is 151 Å². The van der Waals surface area contributed by atoms with Gasteiger partial charge in [-0.05, 0) is 31.5 Å². The van der Waals surface area contributed by atoms with Gasteiger partial charge in [0.15, 0.2) is 0 Å². The van der Waals surface area contributed by atoms with Crippen molar-refractivity contribution in [2.24, 2.45) is 0 Å². The van der Waals surface area contributed by atoms with Crippen LogP contribution in [0.15, 0.2) is 33.7 Å². The number of esters is 1. The molecule has 1 fully saturated rings.